The maximum atomic E-state index is 10.8. The van der Waals surface area contributed by atoms with E-state index in [1.54, 1.807) is 26.0 Å². The first-order valence-corrected chi connectivity index (χ1v) is 6.08. The van der Waals surface area contributed by atoms with E-state index < -0.39 is 4.92 Å². The number of nitro groups is 1. The van der Waals surface area contributed by atoms with Gasteiger partial charge in [0.25, 0.3) is 5.69 Å². The normalized spacial score (nSPS) is 10.3. The van der Waals surface area contributed by atoms with Crippen molar-refractivity contribution < 1.29 is 10.0 Å². The standard InChI is InChI=1S/C14H15N3O3/c1-8-9(2)14(15-10(3)13(8)18)16-11-5-4-6-12(7-11)17(19)20/h4-7,18H,1-3H3,(H,15,16). The molecule has 0 amide bonds. The number of anilines is 2. The Morgan fingerprint density at radius 3 is 2.60 bits per heavy atom. The van der Waals surface area contributed by atoms with Crippen molar-refractivity contribution in [1.82, 2.24) is 4.98 Å². The number of benzene rings is 1. The number of aromatic hydroxyl groups is 1. The quantitative estimate of drug-likeness (QED) is 0.661. The molecule has 2 aromatic rings. The van der Waals surface area contributed by atoms with Crippen LogP contribution in [0.1, 0.15) is 16.8 Å². The lowest BCUT2D eigenvalue weighted by atomic mass is 10.1. The molecule has 0 unspecified atom stereocenters. The highest BCUT2D eigenvalue weighted by Gasteiger charge is 2.12. The van der Waals surface area contributed by atoms with Gasteiger partial charge in [-0.25, -0.2) is 4.98 Å². The molecule has 1 aromatic carbocycles. The van der Waals surface area contributed by atoms with Crippen LogP contribution in [0.25, 0.3) is 0 Å². The molecular formula is C14H15N3O3. The first-order chi connectivity index (χ1) is 9.40. The van der Waals surface area contributed by atoms with Gasteiger partial charge < -0.3 is 10.4 Å². The number of hydrogen-bond acceptors (Lipinski definition) is 5. The second-order valence-corrected chi connectivity index (χ2v) is 4.58. The summed E-state index contributed by atoms with van der Waals surface area (Å²) in [4.78, 5) is 14.6. The molecule has 20 heavy (non-hydrogen) atoms. The van der Waals surface area contributed by atoms with Crippen LogP contribution >= 0.6 is 0 Å². The molecule has 6 heteroatoms. The first-order valence-electron chi connectivity index (χ1n) is 6.08. The second kappa shape index (κ2) is 5.16. The van der Waals surface area contributed by atoms with Crippen molar-refractivity contribution in [1.29, 1.82) is 0 Å². The van der Waals surface area contributed by atoms with Crippen LogP contribution in [0.4, 0.5) is 17.2 Å². The summed E-state index contributed by atoms with van der Waals surface area (Å²) in [6, 6.07) is 6.21. The zero-order valence-electron chi connectivity index (χ0n) is 11.5. The van der Waals surface area contributed by atoms with E-state index in [4.69, 9.17) is 0 Å². The van der Waals surface area contributed by atoms with Crippen LogP contribution in [0.5, 0.6) is 5.75 Å². The molecule has 0 aliphatic heterocycles. The molecule has 104 valence electrons. The van der Waals surface area contributed by atoms with Gasteiger partial charge in [0.15, 0.2) is 0 Å². The van der Waals surface area contributed by atoms with Gasteiger partial charge >= 0.3 is 0 Å². The molecule has 0 aliphatic rings. The summed E-state index contributed by atoms with van der Waals surface area (Å²) in [5, 5.41) is 23.6. The zero-order chi connectivity index (χ0) is 14.9. The van der Waals surface area contributed by atoms with Crippen molar-refractivity contribution in [2.24, 2.45) is 0 Å². The molecule has 0 atom stereocenters. The van der Waals surface area contributed by atoms with Crippen molar-refractivity contribution in [2.75, 3.05) is 5.32 Å². The smallest absolute Gasteiger partial charge is 0.271 e. The molecule has 0 saturated heterocycles. The van der Waals surface area contributed by atoms with Gasteiger partial charge in [-0.1, -0.05) is 6.07 Å². The third-order valence-electron chi connectivity index (χ3n) is 3.21. The van der Waals surface area contributed by atoms with E-state index in [1.165, 1.54) is 12.1 Å². The number of pyridine rings is 1. The Morgan fingerprint density at radius 2 is 1.95 bits per heavy atom. The Kier molecular flexibility index (Phi) is 3.56. The molecule has 0 fully saturated rings. The van der Waals surface area contributed by atoms with E-state index in [-0.39, 0.29) is 11.4 Å². The van der Waals surface area contributed by atoms with Crippen LogP contribution in [-0.4, -0.2) is 15.0 Å². The Hall–Kier alpha value is -2.63. The second-order valence-electron chi connectivity index (χ2n) is 4.58. The van der Waals surface area contributed by atoms with Crippen molar-refractivity contribution in [3.8, 4) is 5.75 Å². The maximum Gasteiger partial charge on any atom is 0.271 e. The number of non-ortho nitro benzene ring substituents is 1. The zero-order valence-corrected chi connectivity index (χ0v) is 11.5. The molecule has 2 N–H and O–H groups in total. The first kappa shape index (κ1) is 13.8. The lowest BCUT2D eigenvalue weighted by Gasteiger charge is -2.13. The van der Waals surface area contributed by atoms with Gasteiger partial charge in [0.2, 0.25) is 0 Å². The number of hydrogen-bond donors (Lipinski definition) is 2. The number of nitrogens with one attached hydrogen (secondary N) is 1. The van der Waals surface area contributed by atoms with Gasteiger partial charge in [0.1, 0.15) is 11.6 Å². The highest BCUT2D eigenvalue weighted by atomic mass is 16.6. The summed E-state index contributed by atoms with van der Waals surface area (Å²) in [7, 11) is 0. The highest BCUT2D eigenvalue weighted by Crippen LogP contribution is 2.30. The minimum Gasteiger partial charge on any atom is -0.506 e. The van der Waals surface area contributed by atoms with Gasteiger partial charge in [0, 0.05) is 17.8 Å². The lowest BCUT2D eigenvalue weighted by Crippen LogP contribution is -2.01. The number of nitro benzene ring substituents is 1. The lowest BCUT2D eigenvalue weighted by molar-refractivity contribution is -0.384. The Balaban J connectivity index is 2.40. The van der Waals surface area contributed by atoms with Gasteiger partial charge in [0.05, 0.1) is 10.6 Å². The summed E-state index contributed by atoms with van der Waals surface area (Å²) in [5.74, 6) is 0.755. The Bertz CT molecular complexity index is 684. The van der Waals surface area contributed by atoms with Crippen LogP contribution in [0.3, 0.4) is 0 Å². The molecule has 0 spiro atoms. The Labute approximate surface area is 116 Å². The van der Waals surface area contributed by atoms with Crippen molar-refractivity contribution in [2.45, 2.75) is 20.8 Å². The maximum absolute atomic E-state index is 10.8. The molecule has 1 aromatic heterocycles. The molecule has 0 bridgehead atoms. The Morgan fingerprint density at radius 1 is 1.25 bits per heavy atom. The monoisotopic (exact) mass is 273 g/mol. The van der Waals surface area contributed by atoms with E-state index in [0.717, 1.165) is 11.1 Å². The fourth-order valence-corrected chi connectivity index (χ4v) is 1.89. The summed E-state index contributed by atoms with van der Waals surface area (Å²) in [6.07, 6.45) is 0. The molecule has 0 saturated carbocycles. The topological polar surface area (TPSA) is 88.3 Å². The van der Waals surface area contributed by atoms with Crippen LogP contribution in [-0.2, 0) is 0 Å². The minimum atomic E-state index is -0.446. The average molecular weight is 273 g/mol. The molecule has 6 nitrogen and oxygen atoms in total. The molecule has 2 rings (SSSR count). The van der Waals surface area contributed by atoms with E-state index in [2.05, 4.69) is 10.3 Å². The van der Waals surface area contributed by atoms with Crippen molar-refractivity contribution in [3.05, 3.63) is 51.2 Å². The number of aromatic nitrogens is 1. The third kappa shape index (κ3) is 2.54. The predicted molar refractivity (Wildman–Crippen MR) is 76.5 cm³/mol. The predicted octanol–water partition coefficient (Wildman–Crippen LogP) is 3.36. The molecule has 0 aliphatic carbocycles. The highest BCUT2D eigenvalue weighted by molar-refractivity contribution is 5.64. The third-order valence-corrected chi connectivity index (χ3v) is 3.21. The summed E-state index contributed by atoms with van der Waals surface area (Å²) >= 11 is 0. The van der Waals surface area contributed by atoms with Gasteiger partial charge in [-0.15, -0.1) is 0 Å². The molecule has 1 heterocycles. The van der Waals surface area contributed by atoms with Gasteiger partial charge in [-0.3, -0.25) is 10.1 Å². The van der Waals surface area contributed by atoms with Crippen molar-refractivity contribution in [3.63, 3.8) is 0 Å². The minimum absolute atomic E-state index is 0.0138. The fourth-order valence-electron chi connectivity index (χ4n) is 1.89. The van der Waals surface area contributed by atoms with Crippen LogP contribution in [0, 0.1) is 30.9 Å². The summed E-state index contributed by atoms with van der Waals surface area (Å²) in [5.41, 5.74) is 2.66. The summed E-state index contributed by atoms with van der Waals surface area (Å²) in [6.45, 7) is 5.35. The van der Waals surface area contributed by atoms with Crippen LogP contribution in [0.15, 0.2) is 24.3 Å². The largest absolute Gasteiger partial charge is 0.506 e. The van der Waals surface area contributed by atoms with E-state index >= 15 is 0 Å². The fraction of sp³-hybridized carbons (Fsp3) is 0.214. The van der Waals surface area contributed by atoms with Gasteiger partial charge in [-0.05, 0) is 38.0 Å². The van der Waals surface area contributed by atoms with E-state index in [0.29, 0.717) is 17.2 Å². The number of aryl methyl sites for hydroxylation is 1. The molecular weight excluding hydrogens is 258 g/mol. The summed E-state index contributed by atoms with van der Waals surface area (Å²) < 4.78 is 0. The van der Waals surface area contributed by atoms with E-state index in [9.17, 15) is 15.2 Å². The van der Waals surface area contributed by atoms with Crippen LogP contribution < -0.4 is 5.32 Å². The van der Waals surface area contributed by atoms with Crippen molar-refractivity contribution >= 4 is 17.2 Å². The van der Waals surface area contributed by atoms with Gasteiger partial charge in [-0.2, -0.15) is 0 Å². The SMILES string of the molecule is Cc1nc(Nc2cccc([N+](=O)[O-])c2)c(C)c(C)c1O. The van der Waals surface area contributed by atoms with E-state index in [1.807, 2.05) is 6.92 Å². The van der Waals surface area contributed by atoms with Crippen LogP contribution in [0.2, 0.25) is 0 Å². The number of nitrogens with zero attached hydrogens (tertiary/aromatic N) is 2. The average Bonchev–Trinajstić information content (AvgIpc) is 2.42. The number of rotatable bonds is 3. The molecule has 0 radical (unpaired) electrons.